The number of aryl methyl sites for hydroxylation is 1. The van der Waals surface area contributed by atoms with Crippen molar-refractivity contribution in [3.63, 3.8) is 0 Å². The van der Waals surface area contributed by atoms with Crippen LogP contribution in [-0.2, 0) is 11.3 Å². The highest BCUT2D eigenvalue weighted by Crippen LogP contribution is 2.22. The van der Waals surface area contributed by atoms with Gasteiger partial charge < -0.3 is 20.3 Å². The second-order valence-corrected chi connectivity index (χ2v) is 6.10. The topological polar surface area (TPSA) is 95.4 Å². The second kappa shape index (κ2) is 7.74. The highest BCUT2D eigenvalue weighted by Gasteiger charge is 2.28. The maximum Gasteiger partial charge on any atom is 0.118 e. The fourth-order valence-electron chi connectivity index (χ4n) is 2.95. The SMILES string of the molecule is COc1ccc(-c2cn(CC[C@H]3CC[C@H](N)[C@@H](CO)O3)nn2)cc1. The summed E-state index contributed by atoms with van der Waals surface area (Å²) in [6.07, 6.45) is 4.40. The van der Waals surface area contributed by atoms with Gasteiger partial charge in [-0.2, -0.15) is 0 Å². The molecule has 1 aliphatic heterocycles. The minimum atomic E-state index is -0.255. The molecule has 0 bridgehead atoms. The molecule has 0 spiro atoms. The summed E-state index contributed by atoms with van der Waals surface area (Å²) in [4.78, 5) is 0. The molecular formula is C17H24N4O3. The minimum Gasteiger partial charge on any atom is -0.497 e. The van der Waals surface area contributed by atoms with E-state index in [9.17, 15) is 5.11 Å². The Kier molecular flexibility index (Phi) is 5.44. The van der Waals surface area contributed by atoms with Gasteiger partial charge in [0.25, 0.3) is 0 Å². The quantitative estimate of drug-likeness (QED) is 0.825. The third kappa shape index (κ3) is 3.92. The minimum absolute atomic E-state index is 0.0252. The van der Waals surface area contributed by atoms with E-state index in [0.29, 0.717) is 0 Å². The van der Waals surface area contributed by atoms with Gasteiger partial charge in [0.15, 0.2) is 0 Å². The van der Waals surface area contributed by atoms with E-state index in [2.05, 4.69) is 10.3 Å². The summed E-state index contributed by atoms with van der Waals surface area (Å²) in [5.74, 6) is 0.817. The second-order valence-electron chi connectivity index (χ2n) is 6.10. The van der Waals surface area contributed by atoms with Gasteiger partial charge >= 0.3 is 0 Å². The molecule has 1 aliphatic rings. The Balaban J connectivity index is 1.56. The molecule has 3 rings (SSSR count). The van der Waals surface area contributed by atoms with E-state index in [4.69, 9.17) is 15.2 Å². The molecular weight excluding hydrogens is 308 g/mol. The first-order valence-electron chi connectivity index (χ1n) is 8.26. The van der Waals surface area contributed by atoms with Crippen molar-refractivity contribution < 1.29 is 14.6 Å². The van der Waals surface area contributed by atoms with Gasteiger partial charge in [-0.1, -0.05) is 5.21 Å². The highest BCUT2D eigenvalue weighted by atomic mass is 16.5. The average molecular weight is 332 g/mol. The van der Waals surface area contributed by atoms with Crippen molar-refractivity contribution in [3.8, 4) is 17.0 Å². The molecule has 2 heterocycles. The summed E-state index contributed by atoms with van der Waals surface area (Å²) in [7, 11) is 1.65. The number of hydrogen-bond donors (Lipinski definition) is 2. The number of aromatic nitrogens is 3. The van der Waals surface area contributed by atoms with Gasteiger partial charge in [-0.3, -0.25) is 4.68 Å². The van der Waals surface area contributed by atoms with Crippen LogP contribution in [0, 0.1) is 0 Å². The van der Waals surface area contributed by atoms with Crippen LogP contribution in [0.2, 0.25) is 0 Å². The number of nitrogens with two attached hydrogens (primary N) is 1. The fourth-order valence-corrected chi connectivity index (χ4v) is 2.95. The fraction of sp³-hybridized carbons (Fsp3) is 0.529. The molecule has 1 aromatic carbocycles. The smallest absolute Gasteiger partial charge is 0.118 e. The molecule has 0 radical (unpaired) electrons. The maximum atomic E-state index is 9.29. The predicted octanol–water partition coefficient (Wildman–Crippen LogP) is 1.21. The van der Waals surface area contributed by atoms with Gasteiger partial charge in [-0.25, -0.2) is 0 Å². The number of methoxy groups -OCH3 is 1. The van der Waals surface area contributed by atoms with Crippen LogP contribution in [0.25, 0.3) is 11.3 Å². The molecule has 1 fully saturated rings. The summed E-state index contributed by atoms with van der Waals surface area (Å²) in [6.45, 7) is 0.698. The Bertz CT molecular complexity index is 644. The van der Waals surface area contributed by atoms with Crippen LogP contribution >= 0.6 is 0 Å². The summed E-state index contributed by atoms with van der Waals surface area (Å²) in [5.41, 5.74) is 7.76. The van der Waals surface area contributed by atoms with Gasteiger partial charge in [0.1, 0.15) is 11.4 Å². The van der Waals surface area contributed by atoms with E-state index in [0.717, 1.165) is 42.8 Å². The van der Waals surface area contributed by atoms with Crippen LogP contribution in [0.4, 0.5) is 0 Å². The first-order valence-corrected chi connectivity index (χ1v) is 8.26. The Morgan fingerprint density at radius 1 is 1.33 bits per heavy atom. The normalized spacial score (nSPS) is 24.0. The van der Waals surface area contributed by atoms with E-state index in [1.54, 1.807) is 7.11 Å². The zero-order chi connectivity index (χ0) is 16.9. The molecule has 1 aromatic heterocycles. The molecule has 130 valence electrons. The molecule has 0 amide bonds. The van der Waals surface area contributed by atoms with Crippen molar-refractivity contribution in [2.24, 2.45) is 5.73 Å². The van der Waals surface area contributed by atoms with Gasteiger partial charge in [-0.15, -0.1) is 5.10 Å². The van der Waals surface area contributed by atoms with E-state index in [1.165, 1.54) is 0 Å². The number of benzene rings is 1. The molecule has 7 nitrogen and oxygen atoms in total. The zero-order valence-electron chi connectivity index (χ0n) is 13.8. The standard InChI is InChI=1S/C17H24N4O3/c1-23-13-4-2-12(3-5-13)16-10-21(20-19-16)9-8-14-6-7-15(18)17(11-22)24-14/h2-5,10,14-15,17,22H,6-9,11,18H2,1H3/t14-,15+,17-/m1/s1. The lowest BCUT2D eigenvalue weighted by Gasteiger charge is -2.33. The summed E-state index contributed by atoms with van der Waals surface area (Å²) in [6, 6.07) is 7.67. The van der Waals surface area contributed by atoms with E-state index >= 15 is 0 Å². The van der Waals surface area contributed by atoms with Crippen LogP contribution in [-0.4, -0.2) is 52.1 Å². The largest absolute Gasteiger partial charge is 0.497 e. The number of aliphatic hydroxyl groups is 1. The third-order valence-corrected chi connectivity index (χ3v) is 4.45. The Hall–Kier alpha value is -1.96. The first kappa shape index (κ1) is 16.9. The predicted molar refractivity (Wildman–Crippen MR) is 89.6 cm³/mol. The van der Waals surface area contributed by atoms with Gasteiger partial charge in [0.05, 0.1) is 32.1 Å². The van der Waals surface area contributed by atoms with Crippen molar-refractivity contribution in [3.05, 3.63) is 30.5 Å². The number of aliphatic hydroxyl groups excluding tert-OH is 1. The lowest BCUT2D eigenvalue weighted by molar-refractivity contribution is -0.0861. The molecule has 7 heteroatoms. The lowest BCUT2D eigenvalue weighted by atomic mass is 9.98. The molecule has 0 saturated carbocycles. The van der Waals surface area contributed by atoms with Gasteiger partial charge in [0, 0.05) is 18.2 Å². The molecule has 24 heavy (non-hydrogen) atoms. The van der Waals surface area contributed by atoms with E-state index < -0.39 is 0 Å². The Morgan fingerprint density at radius 3 is 2.83 bits per heavy atom. The Morgan fingerprint density at radius 2 is 2.12 bits per heavy atom. The summed E-state index contributed by atoms with van der Waals surface area (Å²) < 4.78 is 12.8. The zero-order valence-corrected chi connectivity index (χ0v) is 13.8. The molecule has 3 atom stereocenters. The van der Waals surface area contributed by atoms with Gasteiger partial charge in [-0.05, 0) is 43.5 Å². The van der Waals surface area contributed by atoms with Gasteiger partial charge in [0.2, 0.25) is 0 Å². The van der Waals surface area contributed by atoms with Crippen LogP contribution in [0.1, 0.15) is 19.3 Å². The van der Waals surface area contributed by atoms with Crippen molar-refractivity contribution in [1.29, 1.82) is 0 Å². The maximum absolute atomic E-state index is 9.29. The van der Waals surface area contributed by atoms with Crippen molar-refractivity contribution in [1.82, 2.24) is 15.0 Å². The lowest BCUT2D eigenvalue weighted by Crippen LogP contribution is -2.46. The van der Waals surface area contributed by atoms with E-state index in [-0.39, 0.29) is 24.9 Å². The Labute approximate surface area is 141 Å². The molecule has 1 saturated heterocycles. The molecule has 0 unspecified atom stereocenters. The van der Waals surface area contributed by atoms with Crippen LogP contribution < -0.4 is 10.5 Å². The average Bonchev–Trinajstić information content (AvgIpc) is 3.10. The third-order valence-electron chi connectivity index (χ3n) is 4.45. The van der Waals surface area contributed by atoms with Crippen LogP contribution in [0.15, 0.2) is 30.5 Å². The van der Waals surface area contributed by atoms with Crippen molar-refractivity contribution in [2.45, 2.75) is 44.1 Å². The number of hydrogen-bond acceptors (Lipinski definition) is 6. The number of ether oxygens (including phenoxy) is 2. The highest BCUT2D eigenvalue weighted by molar-refractivity contribution is 5.58. The molecule has 3 N–H and O–H groups in total. The monoisotopic (exact) mass is 332 g/mol. The first-order chi connectivity index (χ1) is 11.7. The summed E-state index contributed by atoms with van der Waals surface area (Å²) >= 11 is 0. The number of nitrogens with zero attached hydrogens (tertiary/aromatic N) is 3. The summed E-state index contributed by atoms with van der Waals surface area (Å²) in [5, 5.41) is 17.7. The van der Waals surface area contributed by atoms with Crippen molar-refractivity contribution in [2.75, 3.05) is 13.7 Å². The molecule has 0 aliphatic carbocycles. The molecule has 2 aromatic rings. The van der Waals surface area contributed by atoms with Crippen LogP contribution in [0.5, 0.6) is 5.75 Å². The number of rotatable bonds is 6. The van der Waals surface area contributed by atoms with Crippen LogP contribution in [0.3, 0.4) is 0 Å². The van der Waals surface area contributed by atoms with E-state index in [1.807, 2.05) is 35.1 Å². The van der Waals surface area contributed by atoms with Crippen molar-refractivity contribution >= 4 is 0 Å².